The minimum absolute atomic E-state index is 0.0614. The minimum Gasteiger partial charge on any atom is -0.356 e. The van der Waals surface area contributed by atoms with E-state index in [1.165, 1.54) is 12.1 Å². The number of non-ortho nitro benzene ring substituents is 1. The van der Waals surface area contributed by atoms with E-state index in [1.807, 2.05) is 0 Å². The highest BCUT2D eigenvalue weighted by Gasteiger charge is 2.17. The van der Waals surface area contributed by atoms with Crippen LogP contribution in [-0.2, 0) is 11.2 Å². The Morgan fingerprint density at radius 2 is 2.15 bits per heavy atom. The van der Waals surface area contributed by atoms with Gasteiger partial charge < -0.3 is 10.6 Å². The topological polar surface area (TPSA) is 84.3 Å². The normalized spacial score (nSPS) is 17.9. The van der Waals surface area contributed by atoms with Crippen molar-refractivity contribution in [3.63, 3.8) is 0 Å². The molecular formula is C14H19N3O3. The van der Waals surface area contributed by atoms with Gasteiger partial charge in [-0.15, -0.1) is 0 Å². The number of benzene rings is 1. The summed E-state index contributed by atoms with van der Waals surface area (Å²) >= 11 is 0. The predicted octanol–water partition coefficient (Wildman–Crippen LogP) is 1.40. The lowest BCUT2D eigenvalue weighted by molar-refractivity contribution is -0.384. The molecule has 1 saturated heterocycles. The quantitative estimate of drug-likeness (QED) is 0.608. The van der Waals surface area contributed by atoms with Crippen molar-refractivity contribution in [2.24, 2.45) is 0 Å². The number of nitrogens with one attached hydrogen (secondary N) is 2. The Balaban J connectivity index is 1.69. The maximum Gasteiger partial charge on any atom is 0.269 e. The maximum absolute atomic E-state index is 11.7. The van der Waals surface area contributed by atoms with Crippen LogP contribution < -0.4 is 10.6 Å². The third kappa shape index (κ3) is 4.31. The van der Waals surface area contributed by atoms with Crippen LogP contribution in [-0.4, -0.2) is 30.0 Å². The molecule has 0 spiro atoms. The van der Waals surface area contributed by atoms with Crippen LogP contribution in [0.5, 0.6) is 0 Å². The molecule has 0 aromatic heterocycles. The van der Waals surface area contributed by atoms with Crippen LogP contribution in [0.4, 0.5) is 5.69 Å². The molecule has 1 aliphatic heterocycles. The average Bonchev–Trinajstić information content (AvgIpc) is 2.92. The molecule has 2 rings (SSSR count). The van der Waals surface area contributed by atoms with E-state index >= 15 is 0 Å². The smallest absolute Gasteiger partial charge is 0.269 e. The van der Waals surface area contributed by atoms with Crippen LogP contribution in [0.1, 0.15) is 24.8 Å². The summed E-state index contributed by atoms with van der Waals surface area (Å²) in [6.45, 7) is 1.56. The first-order chi connectivity index (χ1) is 9.65. The lowest BCUT2D eigenvalue weighted by atomic mass is 10.1. The van der Waals surface area contributed by atoms with Crippen molar-refractivity contribution in [3.05, 3.63) is 39.9 Å². The molecule has 1 fully saturated rings. The summed E-state index contributed by atoms with van der Waals surface area (Å²) in [5, 5.41) is 16.7. The summed E-state index contributed by atoms with van der Waals surface area (Å²) in [6, 6.07) is 6.74. The van der Waals surface area contributed by atoms with Crippen LogP contribution >= 0.6 is 0 Å². The lowest BCUT2D eigenvalue weighted by Crippen LogP contribution is -2.32. The van der Waals surface area contributed by atoms with Gasteiger partial charge in [0.05, 0.1) is 4.92 Å². The van der Waals surface area contributed by atoms with Crippen molar-refractivity contribution >= 4 is 11.6 Å². The van der Waals surface area contributed by atoms with Crippen LogP contribution in [0.3, 0.4) is 0 Å². The van der Waals surface area contributed by atoms with Crippen LogP contribution in [0.2, 0.25) is 0 Å². The van der Waals surface area contributed by atoms with Gasteiger partial charge in [0.1, 0.15) is 0 Å². The van der Waals surface area contributed by atoms with E-state index < -0.39 is 4.92 Å². The summed E-state index contributed by atoms with van der Waals surface area (Å²) in [7, 11) is 0. The molecule has 0 aliphatic carbocycles. The van der Waals surface area contributed by atoms with Crippen molar-refractivity contribution < 1.29 is 9.72 Å². The van der Waals surface area contributed by atoms with Crippen molar-refractivity contribution in [1.29, 1.82) is 0 Å². The van der Waals surface area contributed by atoms with Gasteiger partial charge in [-0.05, 0) is 31.4 Å². The zero-order chi connectivity index (χ0) is 14.4. The fraction of sp³-hybridized carbons (Fsp3) is 0.500. The molecule has 1 atom stereocenters. The Bertz CT molecular complexity index is 467. The van der Waals surface area contributed by atoms with Crippen molar-refractivity contribution in [2.45, 2.75) is 31.7 Å². The second-order valence-corrected chi connectivity index (χ2v) is 5.02. The fourth-order valence-corrected chi connectivity index (χ4v) is 2.36. The van der Waals surface area contributed by atoms with E-state index in [9.17, 15) is 14.9 Å². The predicted molar refractivity (Wildman–Crippen MR) is 75.5 cm³/mol. The molecule has 2 N–H and O–H groups in total. The van der Waals surface area contributed by atoms with E-state index in [0.29, 0.717) is 25.4 Å². The highest BCUT2D eigenvalue weighted by Crippen LogP contribution is 2.12. The monoisotopic (exact) mass is 277 g/mol. The molecule has 0 radical (unpaired) electrons. The summed E-state index contributed by atoms with van der Waals surface area (Å²) < 4.78 is 0. The van der Waals surface area contributed by atoms with E-state index in [1.54, 1.807) is 12.1 Å². The van der Waals surface area contributed by atoms with Gasteiger partial charge in [0, 0.05) is 31.1 Å². The number of nitrogens with zero attached hydrogens (tertiary/aromatic N) is 1. The minimum atomic E-state index is -0.417. The van der Waals surface area contributed by atoms with Crippen LogP contribution in [0.25, 0.3) is 0 Å². The van der Waals surface area contributed by atoms with Crippen LogP contribution in [0.15, 0.2) is 24.3 Å². The first-order valence-corrected chi connectivity index (χ1v) is 6.88. The van der Waals surface area contributed by atoms with Gasteiger partial charge in [-0.1, -0.05) is 12.1 Å². The third-order valence-electron chi connectivity index (χ3n) is 3.48. The Hall–Kier alpha value is -1.95. The Kier molecular flexibility index (Phi) is 5.06. The standard InChI is InChI=1S/C14H19N3O3/c18-14(10-12-2-1-8-15-12)16-9-7-11-3-5-13(6-4-11)17(19)20/h3-6,12,15H,1-2,7-10H2,(H,16,18). The van der Waals surface area contributed by atoms with Gasteiger partial charge in [-0.25, -0.2) is 0 Å². The Labute approximate surface area is 117 Å². The Morgan fingerprint density at radius 3 is 2.75 bits per heavy atom. The first kappa shape index (κ1) is 14.5. The van der Waals surface area contributed by atoms with Gasteiger partial charge >= 0.3 is 0 Å². The largest absolute Gasteiger partial charge is 0.356 e. The molecule has 1 aromatic carbocycles. The van der Waals surface area contributed by atoms with Crippen LogP contribution in [0, 0.1) is 10.1 Å². The lowest BCUT2D eigenvalue weighted by Gasteiger charge is -2.10. The molecule has 0 saturated carbocycles. The van der Waals surface area contributed by atoms with E-state index in [-0.39, 0.29) is 11.6 Å². The number of amides is 1. The second kappa shape index (κ2) is 7.00. The van der Waals surface area contributed by atoms with Gasteiger partial charge in [-0.2, -0.15) is 0 Å². The number of nitro groups is 1. The van der Waals surface area contributed by atoms with Gasteiger partial charge in [-0.3, -0.25) is 14.9 Å². The average molecular weight is 277 g/mol. The Morgan fingerprint density at radius 1 is 1.40 bits per heavy atom. The van der Waals surface area contributed by atoms with Crippen molar-refractivity contribution in [3.8, 4) is 0 Å². The second-order valence-electron chi connectivity index (χ2n) is 5.02. The number of carbonyl (C=O) groups is 1. The molecule has 0 bridgehead atoms. The summed E-state index contributed by atoms with van der Waals surface area (Å²) in [5.41, 5.74) is 1.07. The molecule has 1 aliphatic rings. The summed E-state index contributed by atoms with van der Waals surface area (Å²) in [5.74, 6) is 0.0614. The number of nitro benzene ring substituents is 1. The van der Waals surface area contributed by atoms with E-state index in [0.717, 1.165) is 24.9 Å². The maximum atomic E-state index is 11.7. The van der Waals surface area contributed by atoms with Gasteiger partial charge in [0.15, 0.2) is 0 Å². The molecule has 1 unspecified atom stereocenters. The highest BCUT2D eigenvalue weighted by molar-refractivity contribution is 5.76. The number of carbonyl (C=O) groups excluding carboxylic acids is 1. The molecule has 20 heavy (non-hydrogen) atoms. The first-order valence-electron chi connectivity index (χ1n) is 6.88. The zero-order valence-corrected chi connectivity index (χ0v) is 11.3. The van der Waals surface area contributed by atoms with Crippen molar-refractivity contribution in [1.82, 2.24) is 10.6 Å². The third-order valence-corrected chi connectivity index (χ3v) is 3.48. The molecular weight excluding hydrogens is 258 g/mol. The summed E-state index contributed by atoms with van der Waals surface area (Å²) in [4.78, 5) is 21.8. The molecule has 108 valence electrons. The summed E-state index contributed by atoms with van der Waals surface area (Å²) in [6.07, 6.45) is 3.42. The van der Waals surface area contributed by atoms with E-state index in [4.69, 9.17) is 0 Å². The number of hydrogen-bond donors (Lipinski definition) is 2. The van der Waals surface area contributed by atoms with Gasteiger partial charge in [0.25, 0.3) is 5.69 Å². The number of hydrogen-bond acceptors (Lipinski definition) is 4. The fourth-order valence-electron chi connectivity index (χ4n) is 2.36. The molecule has 6 heteroatoms. The number of rotatable bonds is 6. The highest BCUT2D eigenvalue weighted by atomic mass is 16.6. The molecule has 6 nitrogen and oxygen atoms in total. The molecule has 1 aromatic rings. The molecule has 1 amide bonds. The van der Waals surface area contributed by atoms with Gasteiger partial charge in [0.2, 0.25) is 5.91 Å². The zero-order valence-electron chi connectivity index (χ0n) is 11.3. The molecule has 1 heterocycles. The van der Waals surface area contributed by atoms with Crippen molar-refractivity contribution in [2.75, 3.05) is 13.1 Å². The SMILES string of the molecule is O=C(CC1CCCN1)NCCc1ccc([N+](=O)[O-])cc1. The van der Waals surface area contributed by atoms with E-state index in [2.05, 4.69) is 10.6 Å².